The van der Waals surface area contributed by atoms with Crippen LogP contribution in [-0.4, -0.2) is 37.2 Å². The summed E-state index contributed by atoms with van der Waals surface area (Å²) in [6, 6.07) is 26.4. The highest BCUT2D eigenvalue weighted by molar-refractivity contribution is 8.00. The second kappa shape index (κ2) is 15.8. The number of benzene rings is 4. The third-order valence-electron chi connectivity index (χ3n) is 6.81. The van der Waals surface area contributed by atoms with Gasteiger partial charge in [-0.2, -0.15) is 0 Å². The fourth-order valence-electron chi connectivity index (χ4n) is 4.34. The number of carbonyl (C=O) groups is 3. The molecule has 1 atom stereocenters. The zero-order chi connectivity index (χ0) is 32.3. The molecule has 3 amide bonds. The number of carbonyl (C=O) groups excluding carboxylic acids is 3. The third kappa shape index (κ3) is 8.90. The summed E-state index contributed by atoms with van der Waals surface area (Å²) in [5, 5.41) is 8.79. The second-order valence-corrected chi connectivity index (χ2v) is 11.6. The Morgan fingerprint density at radius 1 is 0.867 bits per heavy atom. The van der Waals surface area contributed by atoms with E-state index in [1.807, 2.05) is 26.0 Å². The maximum absolute atomic E-state index is 13.6. The Morgan fingerprint density at radius 3 is 2.31 bits per heavy atom. The molecule has 45 heavy (non-hydrogen) atoms. The first-order valence-corrected chi connectivity index (χ1v) is 15.4. The van der Waals surface area contributed by atoms with Crippen molar-refractivity contribution in [1.82, 2.24) is 5.32 Å². The number of hydrogen-bond donors (Lipinski definition) is 3. The lowest BCUT2D eigenvalue weighted by molar-refractivity contribution is -0.116. The molecular formula is C35H34ClN3O5S. The Kier molecular flexibility index (Phi) is 11.7. The Balaban J connectivity index is 1.54. The van der Waals surface area contributed by atoms with E-state index in [-0.39, 0.29) is 16.9 Å². The average Bonchev–Trinajstić information content (AvgIpc) is 3.05. The second-order valence-electron chi connectivity index (χ2n) is 9.89. The molecule has 0 heterocycles. The van der Waals surface area contributed by atoms with Crippen LogP contribution in [0.15, 0.2) is 102 Å². The molecular weight excluding hydrogens is 610 g/mol. The van der Waals surface area contributed by atoms with Crippen molar-refractivity contribution in [2.24, 2.45) is 0 Å². The van der Waals surface area contributed by atoms with Gasteiger partial charge in [-0.15, -0.1) is 11.8 Å². The van der Waals surface area contributed by atoms with E-state index in [9.17, 15) is 14.4 Å². The van der Waals surface area contributed by atoms with Crippen LogP contribution in [0.4, 0.5) is 11.4 Å². The van der Waals surface area contributed by atoms with Crippen LogP contribution in [0.1, 0.15) is 34.8 Å². The molecule has 1 unspecified atom stereocenters. The third-order valence-corrected chi connectivity index (χ3v) is 8.57. The van der Waals surface area contributed by atoms with Gasteiger partial charge in [-0.05, 0) is 85.1 Å². The van der Waals surface area contributed by atoms with Gasteiger partial charge in [0.05, 0.1) is 19.5 Å². The summed E-state index contributed by atoms with van der Waals surface area (Å²) >= 11 is 7.61. The van der Waals surface area contributed by atoms with E-state index in [1.54, 1.807) is 84.9 Å². The predicted molar refractivity (Wildman–Crippen MR) is 181 cm³/mol. The average molecular weight is 644 g/mol. The smallest absolute Gasteiger partial charge is 0.272 e. The molecule has 3 N–H and O–H groups in total. The number of halogens is 1. The van der Waals surface area contributed by atoms with Gasteiger partial charge >= 0.3 is 0 Å². The highest BCUT2D eigenvalue weighted by atomic mass is 35.5. The van der Waals surface area contributed by atoms with Crippen LogP contribution in [-0.2, 0) is 9.59 Å². The highest BCUT2D eigenvalue weighted by Gasteiger charge is 2.20. The SMILES string of the molecule is CCC(Sc1cccc(NC(=O)/C(=C\c2ccc(OC)c(OC)c2)NC(=O)c2ccccc2)c1)C(=O)Nc1cccc(Cl)c1C. The zero-order valence-corrected chi connectivity index (χ0v) is 26.9. The van der Waals surface area contributed by atoms with Gasteiger partial charge < -0.3 is 25.4 Å². The van der Waals surface area contributed by atoms with E-state index in [2.05, 4.69) is 16.0 Å². The minimum atomic E-state index is -0.530. The highest BCUT2D eigenvalue weighted by Crippen LogP contribution is 2.31. The summed E-state index contributed by atoms with van der Waals surface area (Å²) in [5.74, 6) is -0.104. The normalized spacial score (nSPS) is 11.7. The van der Waals surface area contributed by atoms with Crippen LogP contribution in [0.2, 0.25) is 5.02 Å². The molecule has 4 rings (SSSR count). The van der Waals surface area contributed by atoms with Gasteiger partial charge in [-0.3, -0.25) is 14.4 Å². The Hall–Kier alpha value is -4.73. The van der Waals surface area contributed by atoms with Gasteiger partial charge in [0.2, 0.25) is 5.91 Å². The molecule has 0 bridgehead atoms. The first-order chi connectivity index (χ1) is 21.7. The quantitative estimate of drug-likeness (QED) is 0.109. The molecule has 8 nitrogen and oxygen atoms in total. The van der Waals surface area contributed by atoms with Gasteiger partial charge in [-0.25, -0.2) is 0 Å². The van der Waals surface area contributed by atoms with Crippen molar-refractivity contribution < 1.29 is 23.9 Å². The maximum Gasteiger partial charge on any atom is 0.272 e. The molecule has 0 aliphatic heterocycles. The fraction of sp³-hybridized carbons (Fsp3) is 0.171. The molecule has 0 aliphatic rings. The summed E-state index contributed by atoms with van der Waals surface area (Å²) in [5.41, 5.74) is 3.00. The lowest BCUT2D eigenvalue weighted by atomic mass is 10.1. The number of hydrogen-bond acceptors (Lipinski definition) is 6. The molecule has 0 radical (unpaired) electrons. The monoisotopic (exact) mass is 643 g/mol. The van der Waals surface area contributed by atoms with E-state index in [0.717, 1.165) is 10.5 Å². The molecule has 4 aromatic carbocycles. The lowest BCUT2D eigenvalue weighted by Crippen LogP contribution is -2.30. The zero-order valence-electron chi connectivity index (χ0n) is 25.3. The summed E-state index contributed by atoms with van der Waals surface area (Å²) in [4.78, 5) is 40.6. The van der Waals surface area contributed by atoms with E-state index in [4.69, 9.17) is 21.1 Å². The van der Waals surface area contributed by atoms with Crippen LogP contribution < -0.4 is 25.4 Å². The van der Waals surface area contributed by atoms with Gasteiger partial charge in [0.1, 0.15) is 5.70 Å². The van der Waals surface area contributed by atoms with Gasteiger partial charge in [-0.1, -0.05) is 54.9 Å². The predicted octanol–water partition coefficient (Wildman–Crippen LogP) is 7.58. The molecule has 10 heteroatoms. The van der Waals surface area contributed by atoms with Gasteiger partial charge in [0.15, 0.2) is 11.5 Å². The number of anilines is 2. The molecule has 0 spiro atoms. The number of thioether (sulfide) groups is 1. The van der Waals surface area contributed by atoms with E-state index in [1.165, 1.54) is 26.0 Å². The van der Waals surface area contributed by atoms with Crippen LogP contribution in [0.25, 0.3) is 6.08 Å². The standard InChI is InChI=1S/C35H34ClN3O5S/c1-5-32(35(42)38-28-16-10-15-27(36)22(28)2)45-26-14-9-13-25(21-26)37-34(41)29(39-33(40)24-11-7-6-8-12-24)19-23-17-18-30(43-3)31(20-23)44-4/h6-21,32H,5H2,1-4H3,(H,37,41)(H,38,42)(H,39,40)/b29-19+. The Morgan fingerprint density at radius 2 is 1.60 bits per heavy atom. The van der Waals surface area contributed by atoms with Gasteiger partial charge in [0, 0.05) is 26.9 Å². The number of ether oxygens (including phenoxy) is 2. The lowest BCUT2D eigenvalue weighted by Gasteiger charge is -2.17. The van der Waals surface area contributed by atoms with Crippen molar-refractivity contribution in [3.05, 3.63) is 118 Å². The van der Waals surface area contributed by atoms with E-state index < -0.39 is 11.8 Å². The van der Waals surface area contributed by atoms with Crippen molar-refractivity contribution in [1.29, 1.82) is 0 Å². The molecule has 0 aliphatic carbocycles. The van der Waals surface area contributed by atoms with Crippen LogP contribution in [0.3, 0.4) is 0 Å². The van der Waals surface area contributed by atoms with Crippen LogP contribution >= 0.6 is 23.4 Å². The van der Waals surface area contributed by atoms with Crippen molar-refractivity contribution in [3.8, 4) is 11.5 Å². The first kappa shape index (κ1) is 33.2. The topological polar surface area (TPSA) is 106 Å². The summed E-state index contributed by atoms with van der Waals surface area (Å²) in [6.07, 6.45) is 2.14. The Bertz CT molecular complexity index is 1710. The minimum Gasteiger partial charge on any atom is -0.493 e. The number of rotatable bonds is 12. The van der Waals surface area contributed by atoms with Crippen LogP contribution in [0.5, 0.6) is 11.5 Å². The van der Waals surface area contributed by atoms with Gasteiger partial charge in [0.25, 0.3) is 11.8 Å². The number of nitrogens with one attached hydrogen (secondary N) is 3. The molecule has 0 saturated carbocycles. The van der Waals surface area contributed by atoms with Crippen molar-refractivity contribution >= 4 is 58.5 Å². The minimum absolute atomic E-state index is 0.0248. The van der Waals surface area contributed by atoms with Crippen molar-refractivity contribution in [3.63, 3.8) is 0 Å². The fourth-order valence-corrected chi connectivity index (χ4v) is 5.53. The molecule has 0 fully saturated rings. The van der Waals surface area contributed by atoms with E-state index in [0.29, 0.717) is 45.4 Å². The molecule has 232 valence electrons. The molecule has 0 aromatic heterocycles. The summed E-state index contributed by atoms with van der Waals surface area (Å²) in [6.45, 7) is 3.79. The number of methoxy groups -OCH3 is 2. The van der Waals surface area contributed by atoms with Crippen molar-refractivity contribution in [2.75, 3.05) is 24.9 Å². The van der Waals surface area contributed by atoms with Crippen molar-refractivity contribution in [2.45, 2.75) is 30.4 Å². The number of amides is 3. The largest absolute Gasteiger partial charge is 0.493 e. The van der Waals surface area contributed by atoms with Crippen LogP contribution in [0, 0.1) is 6.92 Å². The molecule has 0 saturated heterocycles. The Labute approximate surface area is 272 Å². The van der Waals surface area contributed by atoms with E-state index >= 15 is 0 Å². The summed E-state index contributed by atoms with van der Waals surface area (Å²) in [7, 11) is 3.06. The summed E-state index contributed by atoms with van der Waals surface area (Å²) < 4.78 is 10.7. The maximum atomic E-state index is 13.6. The first-order valence-electron chi connectivity index (χ1n) is 14.2. The molecule has 4 aromatic rings.